The second kappa shape index (κ2) is 11.9. The van der Waals surface area contributed by atoms with Gasteiger partial charge in [0.05, 0.1) is 0 Å². The fourth-order valence-electron chi connectivity index (χ4n) is 2.74. The lowest BCUT2D eigenvalue weighted by molar-refractivity contribution is -0.140. The van der Waals surface area contributed by atoms with Crippen molar-refractivity contribution in [1.29, 1.82) is 0 Å². The third-order valence-electron chi connectivity index (χ3n) is 4.45. The number of halogens is 1. The monoisotopic (exact) mass is 432 g/mol. The van der Waals surface area contributed by atoms with E-state index < -0.39 is 6.04 Å². The van der Waals surface area contributed by atoms with Gasteiger partial charge in [0.2, 0.25) is 11.8 Å². The number of benzene rings is 2. The van der Waals surface area contributed by atoms with Crippen LogP contribution in [0.5, 0.6) is 0 Å². The first-order chi connectivity index (χ1) is 13.9. The molecule has 0 aliphatic heterocycles. The molecule has 1 N–H and O–H groups in total. The Balaban J connectivity index is 2.04. The van der Waals surface area contributed by atoms with Crippen LogP contribution in [-0.4, -0.2) is 35.1 Å². The van der Waals surface area contributed by atoms with Crippen LogP contribution in [0.2, 0.25) is 5.02 Å². The van der Waals surface area contributed by atoms with Gasteiger partial charge in [0.25, 0.3) is 0 Å². The van der Waals surface area contributed by atoms with Crippen molar-refractivity contribution in [3.8, 4) is 0 Å². The van der Waals surface area contributed by atoms with E-state index in [0.29, 0.717) is 36.2 Å². The summed E-state index contributed by atoms with van der Waals surface area (Å²) in [7, 11) is 0. The number of nitrogens with zero attached hydrogens (tertiary/aromatic N) is 1. The van der Waals surface area contributed by atoms with Crippen LogP contribution in [0.15, 0.2) is 59.5 Å². The number of thioether (sulfide) groups is 1. The Labute approximate surface area is 183 Å². The maximum atomic E-state index is 13.0. The van der Waals surface area contributed by atoms with Crippen molar-refractivity contribution in [3.05, 3.63) is 65.2 Å². The number of carbonyl (C=O) groups is 2. The van der Waals surface area contributed by atoms with E-state index in [1.54, 1.807) is 35.7 Å². The number of hydrogen-bond acceptors (Lipinski definition) is 3. The Morgan fingerprint density at radius 2 is 1.69 bits per heavy atom. The number of hydrogen-bond donors (Lipinski definition) is 1. The van der Waals surface area contributed by atoms with Gasteiger partial charge in [0.1, 0.15) is 6.04 Å². The van der Waals surface area contributed by atoms with E-state index >= 15 is 0 Å². The maximum Gasteiger partial charge on any atom is 0.242 e. The van der Waals surface area contributed by atoms with Crippen molar-refractivity contribution < 1.29 is 9.59 Å². The smallest absolute Gasteiger partial charge is 0.242 e. The highest BCUT2D eigenvalue weighted by molar-refractivity contribution is 7.99. The van der Waals surface area contributed by atoms with E-state index in [1.165, 1.54) is 0 Å². The standard InChI is InChI=1S/C23H29ClN2O2S/c1-17(2)15-25-23(28)18(3)26(16-19-9-11-20(24)12-10-19)22(27)13-14-29-21-7-5-4-6-8-21/h4-12,17-18H,13-16H2,1-3H3,(H,25,28)/t18-/m0/s1. The van der Waals surface area contributed by atoms with Crippen LogP contribution >= 0.6 is 23.4 Å². The lowest BCUT2D eigenvalue weighted by atomic mass is 10.1. The van der Waals surface area contributed by atoms with Crippen molar-refractivity contribution in [1.82, 2.24) is 10.2 Å². The molecule has 0 bridgehead atoms. The van der Waals surface area contributed by atoms with E-state index in [2.05, 4.69) is 5.32 Å². The molecule has 156 valence electrons. The number of carbonyl (C=O) groups excluding carboxylic acids is 2. The Kier molecular flexibility index (Phi) is 9.55. The molecule has 0 aliphatic rings. The minimum absolute atomic E-state index is 0.0319. The van der Waals surface area contributed by atoms with Crippen LogP contribution in [0.25, 0.3) is 0 Å². The SMILES string of the molecule is CC(C)CNC(=O)[C@H](C)N(Cc1ccc(Cl)cc1)C(=O)CCSc1ccccc1. The van der Waals surface area contributed by atoms with E-state index in [0.717, 1.165) is 10.5 Å². The molecule has 0 radical (unpaired) electrons. The van der Waals surface area contributed by atoms with Gasteiger partial charge in [-0.1, -0.05) is 55.8 Å². The first kappa shape index (κ1) is 23.3. The van der Waals surface area contributed by atoms with E-state index in [9.17, 15) is 9.59 Å². The first-order valence-electron chi connectivity index (χ1n) is 9.86. The second-order valence-electron chi connectivity index (χ2n) is 7.37. The van der Waals surface area contributed by atoms with Crippen LogP contribution in [-0.2, 0) is 16.1 Å². The molecule has 1 atom stereocenters. The van der Waals surface area contributed by atoms with Crippen LogP contribution in [0.1, 0.15) is 32.8 Å². The molecule has 0 unspecified atom stereocenters. The summed E-state index contributed by atoms with van der Waals surface area (Å²) in [4.78, 5) is 28.4. The largest absolute Gasteiger partial charge is 0.354 e. The first-order valence-corrected chi connectivity index (χ1v) is 11.2. The van der Waals surface area contributed by atoms with Crippen LogP contribution in [0.4, 0.5) is 0 Å². The molecule has 4 nitrogen and oxygen atoms in total. The molecule has 0 saturated carbocycles. The van der Waals surface area contributed by atoms with E-state index in [-0.39, 0.29) is 11.8 Å². The van der Waals surface area contributed by atoms with Gasteiger partial charge in [0, 0.05) is 35.2 Å². The fraction of sp³-hybridized carbons (Fsp3) is 0.391. The van der Waals surface area contributed by atoms with Crippen molar-refractivity contribution in [2.45, 2.75) is 44.7 Å². The molecule has 0 saturated heterocycles. The zero-order valence-corrected chi connectivity index (χ0v) is 18.8. The Hall–Kier alpha value is -1.98. The summed E-state index contributed by atoms with van der Waals surface area (Å²) in [6, 6.07) is 16.8. The van der Waals surface area contributed by atoms with Crippen molar-refractivity contribution in [2.75, 3.05) is 12.3 Å². The predicted molar refractivity (Wildman–Crippen MR) is 121 cm³/mol. The van der Waals surface area contributed by atoms with Crippen LogP contribution < -0.4 is 5.32 Å². The molecule has 0 spiro atoms. The Morgan fingerprint density at radius 3 is 2.31 bits per heavy atom. The average molecular weight is 433 g/mol. The fourth-order valence-corrected chi connectivity index (χ4v) is 3.73. The second-order valence-corrected chi connectivity index (χ2v) is 8.98. The number of nitrogens with one attached hydrogen (secondary N) is 1. The van der Waals surface area contributed by atoms with Crippen molar-refractivity contribution in [2.24, 2.45) is 5.92 Å². The Morgan fingerprint density at radius 1 is 1.03 bits per heavy atom. The highest BCUT2D eigenvalue weighted by atomic mass is 35.5. The third kappa shape index (κ3) is 8.11. The summed E-state index contributed by atoms with van der Waals surface area (Å²) in [6.07, 6.45) is 0.370. The van der Waals surface area contributed by atoms with Crippen LogP contribution in [0.3, 0.4) is 0 Å². The van der Waals surface area contributed by atoms with Gasteiger partial charge in [0.15, 0.2) is 0 Å². The van der Waals surface area contributed by atoms with Crippen LogP contribution in [0, 0.1) is 5.92 Å². The molecular formula is C23H29ClN2O2S. The quantitative estimate of drug-likeness (QED) is 0.537. The van der Waals surface area contributed by atoms with Gasteiger partial charge in [-0.25, -0.2) is 0 Å². The number of rotatable bonds is 10. The lowest BCUT2D eigenvalue weighted by Gasteiger charge is -2.29. The number of amides is 2. The average Bonchev–Trinajstić information content (AvgIpc) is 2.71. The van der Waals surface area contributed by atoms with Gasteiger partial charge in [-0.05, 0) is 42.7 Å². The third-order valence-corrected chi connectivity index (χ3v) is 5.71. The molecule has 0 aromatic heterocycles. The van der Waals surface area contributed by atoms with Gasteiger partial charge in [-0.2, -0.15) is 0 Å². The molecule has 29 heavy (non-hydrogen) atoms. The predicted octanol–water partition coefficient (Wildman–Crippen LogP) is 5.01. The van der Waals surface area contributed by atoms with E-state index in [4.69, 9.17) is 11.6 Å². The molecule has 2 aromatic rings. The summed E-state index contributed by atoms with van der Waals surface area (Å²) in [6.45, 7) is 6.84. The minimum Gasteiger partial charge on any atom is -0.354 e. The molecule has 0 aliphatic carbocycles. The minimum atomic E-state index is -0.543. The van der Waals surface area contributed by atoms with Gasteiger partial charge >= 0.3 is 0 Å². The molecule has 2 amide bonds. The summed E-state index contributed by atoms with van der Waals surface area (Å²) in [5.41, 5.74) is 0.946. The van der Waals surface area contributed by atoms with E-state index in [1.807, 2.05) is 56.3 Å². The Bertz CT molecular complexity index is 781. The molecule has 2 aromatic carbocycles. The molecule has 6 heteroatoms. The normalized spacial score (nSPS) is 11.9. The molecule has 0 fully saturated rings. The summed E-state index contributed by atoms with van der Waals surface area (Å²) >= 11 is 7.62. The van der Waals surface area contributed by atoms with Crippen molar-refractivity contribution >= 4 is 35.2 Å². The van der Waals surface area contributed by atoms with Crippen molar-refractivity contribution in [3.63, 3.8) is 0 Å². The molecular weight excluding hydrogens is 404 g/mol. The zero-order chi connectivity index (χ0) is 21.2. The van der Waals surface area contributed by atoms with Gasteiger partial charge in [-0.15, -0.1) is 11.8 Å². The van der Waals surface area contributed by atoms with Gasteiger partial charge in [-0.3, -0.25) is 9.59 Å². The summed E-state index contributed by atoms with van der Waals surface area (Å²) in [5.74, 6) is 0.862. The topological polar surface area (TPSA) is 49.4 Å². The summed E-state index contributed by atoms with van der Waals surface area (Å²) < 4.78 is 0. The highest BCUT2D eigenvalue weighted by Gasteiger charge is 2.25. The van der Waals surface area contributed by atoms with Gasteiger partial charge < -0.3 is 10.2 Å². The lowest BCUT2D eigenvalue weighted by Crippen LogP contribution is -2.48. The summed E-state index contributed by atoms with van der Waals surface area (Å²) in [5, 5.41) is 3.58. The highest BCUT2D eigenvalue weighted by Crippen LogP contribution is 2.20. The maximum absolute atomic E-state index is 13.0. The molecule has 0 heterocycles. The molecule has 2 rings (SSSR count). The zero-order valence-electron chi connectivity index (χ0n) is 17.2.